The number of hydrogen-bond acceptors (Lipinski definition) is 3. The van der Waals surface area contributed by atoms with Crippen LogP contribution < -0.4 is 10.6 Å². The van der Waals surface area contributed by atoms with E-state index >= 15 is 0 Å². The van der Waals surface area contributed by atoms with Crippen molar-refractivity contribution in [3.63, 3.8) is 0 Å². The summed E-state index contributed by atoms with van der Waals surface area (Å²) < 4.78 is 0. The molecule has 0 aromatic heterocycles. The first kappa shape index (κ1) is 17.5. The highest BCUT2D eigenvalue weighted by atomic mass is 16.2. The van der Waals surface area contributed by atoms with Crippen LogP contribution in [0, 0.1) is 11.8 Å². The largest absolute Gasteiger partial charge is 0.352 e. The smallest absolute Gasteiger partial charge is 0.251 e. The SMILES string of the molecule is CC1CC1C(=O)Nc1ccc(C(=O)NCCCN2CCCC2=O)cc1. The molecule has 1 aliphatic heterocycles. The Balaban J connectivity index is 1.39. The molecule has 0 bridgehead atoms. The van der Waals surface area contributed by atoms with Crippen molar-refractivity contribution in [3.05, 3.63) is 29.8 Å². The molecule has 1 saturated carbocycles. The lowest BCUT2D eigenvalue weighted by molar-refractivity contribution is -0.127. The highest BCUT2D eigenvalue weighted by Crippen LogP contribution is 2.38. The topological polar surface area (TPSA) is 78.5 Å². The minimum atomic E-state index is -0.138. The number of hydrogen-bond donors (Lipinski definition) is 2. The maximum Gasteiger partial charge on any atom is 0.251 e. The molecular formula is C19H25N3O3. The quantitative estimate of drug-likeness (QED) is 0.744. The van der Waals surface area contributed by atoms with Crippen LogP contribution in [0.2, 0.25) is 0 Å². The molecule has 2 atom stereocenters. The van der Waals surface area contributed by atoms with Gasteiger partial charge in [0.05, 0.1) is 0 Å². The van der Waals surface area contributed by atoms with Crippen molar-refractivity contribution in [2.75, 3.05) is 25.0 Å². The van der Waals surface area contributed by atoms with E-state index in [0.29, 0.717) is 36.7 Å². The molecule has 0 spiro atoms. The third-order valence-corrected chi connectivity index (χ3v) is 4.92. The van der Waals surface area contributed by atoms with Gasteiger partial charge >= 0.3 is 0 Å². The number of benzene rings is 1. The average Bonchev–Trinajstić information content (AvgIpc) is 3.20. The third-order valence-electron chi connectivity index (χ3n) is 4.92. The molecule has 1 aromatic rings. The second-order valence-electron chi connectivity index (χ2n) is 6.98. The van der Waals surface area contributed by atoms with E-state index < -0.39 is 0 Å². The molecule has 6 heteroatoms. The summed E-state index contributed by atoms with van der Waals surface area (Å²) in [7, 11) is 0. The Hall–Kier alpha value is -2.37. The van der Waals surface area contributed by atoms with Crippen LogP contribution >= 0.6 is 0 Å². The molecule has 1 heterocycles. The van der Waals surface area contributed by atoms with Crippen LogP contribution in [-0.4, -0.2) is 42.3 Å². The second-order valence-corrected chi connectivity index (χ2v) is 6.98. The highest BCUT2D eigenvalue weighted by molar-refractivity contribution is 5.96. The summed E-state index contributed by atoms with van der Waals surface area (Å²) in [4.78, 5) is 37.4. The maximum atomic E-state index is 12.1. The van der Waals surface area contributed by atoms with Gasteiger partial charge in [0.2, 0.25) is 11.8 Å². The van der Waals surface area contributed by atoms with Crippen LogP contribution in [-0.2, 0) is 9.59 Å². The van der Waals surface area contributed by atoms with Gasteiger partial charge in [0.15, 0.2) is 0 Å². The number of rotatable bonds is 7. The van der Waals surface area contributed by atoms with Crippen molar-refractivity contribution < 1.29 is 14.4 Å². The Bertz CT molecular complexity index is 656. The van der Waals surface area contributed by atoms with Gasteiger partial charge in [-0.25, -0.2) is 0 Å². The van der Waals surface area contributed by atoms with Crippen molar-refractivity contribution in [2.24, 2.45) is 11.8 Å². The highest BCUT2D eigenvalue weighted by Gasteiger charge is 2.39. The fraction of sp³-hybridized carbons (Fsp3) is 0.526. The van der Waals surface area contributed by atoms with Gasteiger partial charge in [-0.05, 0) is 49.4 Å². The first-order chi connectivity index (χ1) is 12.0. The predicted molar refractivity (Wildman–Crippen MR) is 95.1 cm³/mol. The van der Waals surface area contributed by atoms with E-state index in [1.54, 1.807) is 24.3 Å². The summed E-state index contributed by atoms with van der Waals surface area (Å²) in [6.45, 7) is 4.14. The molecule has 1 aliphatic carbocycles. The Morgan fingerprint density at radius 3 is 2.56 bits per heavy atom. The Morgan fingerprint density at radius 2 is 1.96 bits per heavy atom. The number of carbonyl (C=O) groups excluding carboxylic acids is 3. The van der Waals surface area contributed by atoms with Crippen LogP contribution in [0.15, 0.2) is 24.3 Å². The number of nitrogens with zero attached hydrogens (tertiary/aromatic N) is 1. The molecule has 1 aromatic carbocycles. The summed E-state index contributed by atoms with van der Waals surface area (Å²) in [5.41, 5.74) is 1.28. The molecule has 0 radical (unpaired) electrons. The number of carbonyl (C=O) groups is 3. The van der Waals surface area contributed by atoms with Crippen LogP contribution in [0.25, 0.3) is 0 Å². The molecule has 2 aliphatic rings. The van der Waals surface area contributed by atoms with Crippen LogP contribution in [0.4, 0.5) is 5.69 Å². The van der Waals surface area contributed by atoms with E-state index in [1.807, 2.05) is 4.90 Å². The Labute approximate surface area is 148 Å². The lowest BCUT2D eigenvalue weighted by Crippen LogP contribution is -2.30. The van der Waals surface area contributed by atoms with Gasteiger partial charge in [0.1, 0.15) is 0 Å². The lowest BCUT2D eigenvalue weighted by atomic mass is 10.2. The van der Waals surface area contributed by atoms with E-state index in [4.69, 9.17) is 0 Å². The first-order valence-corrected chi connectivity index (χ1v) is 9.01. The summed E-state index contributed by atoms with van der Waals surface area (Å²) in [5, 5.41) is 5.75. The molecule has 3 rings (SSSR count). The Kier molecular flexibility index (Phi) is 5.36. The van der Waals surface area contributed by atoms with Crippen molar-refractivity contribution in [1.29, 1.82) is 0 Å². The van der Waals surface area contributed by atoms with Gasteiger partial charge in [-0.15, -0.1) is 0 Å². The molecular weight excluding hydrogens is 318 g/mol. The zero-order chi connectivity index (χ0) is 17.8. The summed E-state index contributed by atoms with van der Waals surface area (Å²) in [6, 6.07) is 6.93. The number of likely N-dealkylation sites (tertiary alicyclic amines) is 1. The van der Waals surface area contributed by atoms with Crippen LogP contribution in [0.1, 0.15) is 43.0 Å². The summed E-state index contributed by atoms with van der Waals surface area (Å²) in [6.07, 6.45) is 3.29. The third kappa shape index (κ3) is 4.59. The van der Waals surface area contributed by atoms with E-state index in [0.717, 1.165) is 25.8 Å². The molecule has 134 valence electrons. The summed E-state index contributed by atoms with van der Waals surface area (Å²) in [5.74, 6) is 0.735. The normalized spacial score (nSPS) is 22.0. The van der Waals surface area contributed by atoms with E-state index in [1.165, 1.54) is 0 Å². The Morgan fingerprint density at radius 1 is 1.24 bits per heavy atom. The van der Waals surface area contributed by atoms with Crippen LogP contribution in [0.3, 0.4) is 0 Å². The van der Waals surface area contributed by atoms with Crippen molar-refractivity contribution >= 4 is 23.4 Å². The van der Waals surface area contributed by atoms with Crippen molar-refractivity contribution in [1.82, 2.24) is 10.2 Å². The fourth-order valence-electron chi connectivity index (χ4n) is 3.14. The monoisotopic (exact) mass is 343 g/mol. The lowest BCUT2D eigenvalue weighted by Gasteiger charge is -2.15. The standard InChI is InChI=1S/C19H25N3O3/c1-13-12-16(13)19(25)21-15-7-5-14(6-8-15)18(24)20-9-3-11-22-10-2-4-17(22)23/h5-8,13,16H,2-4,9-12H2,1H3,(H,20,24)(H,21,25). The maximum absolute atomic E-state index is 12.1. The first-order valence-electron chi connectivity index (χ1n) is 9.01. The molecule has 3 amide bonds. The molecule has 2 N–H and O–H groups in total. The van der Waals surface area contributed by atoms with Gasteiger partial charge in [-0.1, -0.05) is 6.92 Å². The molecule has 2 unspecified atom stereocenters. The van der Waals surface area contributed by atoms with Gasteiger partial charge < -0.3 is 15.5 Å². The second kappa shape index (κ2) is 7.68. The van der Waals surface area contributed by atoms with E-state index in [9.17, 15) is 14.4 Å². The van der Waals surface area contributed by atoms with E-state index in [-0.39, 0.29) is 23.6 Å². The minimum absolute atomic E-state index is 0.0566. The number of nitrogens with one attached hydrogen (secondary N) is 2. The van der Waals surface area contributed by atoms with Crippen LogP contribution in [0.5, 0.6) is 0 Å². The number of amides is 3. The molecule has 2 fully saturated rings. The van der Waals surface area contributed by atoms with E-state index in [2.05, 4.69) is 17.6 Å². The zero-order valence-corrected chi connectivity index (χ0v) is 14.6. The number of anilines is 1. The van der Waals surface area contributed by atoms with Crippen molar-refractivity contribution in [3.8, 4) is 0 Å². The minimum Gasteiger partial charge on any atom is -0.352 e. The van der Waals surface area contributed by atoms with Gasteiger partial charge in [-0.3, -0.25) is 14.4 Å². The summed E-state index contributed by atoms with van der Waals surface area (Å²) >= 11 is 0. The molecule has 6 nitrogen and oxygen atoms in total. The van der Waals surface area contributed by atoms with Crippen molar-refractivity contribution in [2.45, 2.75) is 32.6 Å². The average molecular weight is 343 g/mol. The molecule has 1 saturated heterocycles. The zero-order valence-electron chi connectivity index (χ0n) is 14.6. The molecule has 25 heavy (non-hydrogen) atoms. The van der Waals surface area contributed by atoms with Gasteiger partial charge in [0.25, 0.3) is 5.91 Å². The van der Waals surface area contributed by atoms with Gasteiger partial charge in [-0.2, -0.15) is 0 Å². The fourth-order valence-corrected chi connectivity index (χ4v) is 3.14. The predicted octanol–water partition coefficient (Wildman–Crippen LogP) is 2.02. The van der Waals surface area contributed by atoms with Gasteiger partial charge in [0, 0.05) is 43.2 Å².